The Morgan fingerprint density at radius 1 is 1.39 bits per heavy atom. The van der Waals surface area contributed by atoms with Gasteiger partial charge in [-0.05, 0) is 18.1 Å². The zero-order chi connectivity index (χ0) is 16.2. The van der Waals surface area contributed by atoms with Crippen LogP contribution in [-0.4, -0.2) is 39.0 Å². The second-order valence-electron chi connectivity index (χ2n) is 5.30. The molecule has 3 rings (SSSR count). The number of fused-ring (bicyclic) bond motifs is 1. The first-order valence-corrected chi connectivity index (χ1v) is 7.21. The molecule has 0 aliphatic heterocycles. The molecule has 0 aliphatic rings. The first kappa shape index (κ1) is 15.3. The van der Waals surface area contributed by atoms with E-state index >= 15 is 0 Å². The van der Waals surface area contributed by atoms with Gasteiger partial charge in [-0.3, -0.25) is 4.79 Å². The number of nitrogens with zero attached hydrogens (tertiary/aromatic N) is 1. The van der Waals surface area contributed by atoms with E-state index < -0.39 is 13.1 Å². The number of hydrogen-bond acceptors (Lipinski definition) is 5. The maximum Gasteiger partial charge on any atom is 0.475 e. The Morgan fingerprint density at radius 2 is 2.22 bits per heavy atom. The lowest BCUT2D eigenvalue weighted by Gasteiger charge is -2.17. The van der Waals surface area contributed by atoms with E-state index in [0.717, 1.165) is 16.5 Å². The molecule has 0 saturated carbocycles. The first-order chi connectivity index (χ1) is 11.1. The number of furan rings is 1. The molecule has 1 aromatic carbocycles. The van der Waals surface area contributed by atoms with E-state index in [1.165, 1.54) is 6.33 Å². The van der Waals surface area contributed by atoms with Crippen molar-refractivity contribution in [3.8, 4) is 0 Å². The molecule has 1 atom stereocenters. The molecule has 0 saturated heterocycles. The van der Waals surface area contributed by atoms with Crippen LogP contribution in [0.3, 0.4) is 0 Å². The molecule has 1 amide bonds. The third-order valence-corrected chi connectivity index (χ3v) is 3.61. The highest BCUT2D eigenvalue weighted by Crippen LogP contribution is 2.22. The monoisotopic (exact) mass is 313 g/mol. The quantitative estimate of drug-likeness (QED) is 0.493. The fraction of sp³-hybridized carbons (Fsp3) is 0.200. The zero-order valence-electron chi connectivity index (χ0n) is 12.3. The average Bonchev–Trinajstić information content (AvgIpc) is 3.16. The van der Waals surface area contributed by atoms with E-state index in [9.17, 15) is 14.8 Å². The summed E-state index contributed by atoms with van der Waals surface area (Å²) in [6.45, 7) is 0. The van der Waals surface area contributed by atoms with Crippen molar-refractivity contribution in [3.05, 3.63) is 54.3 Å². The molecule has 0 aliphatic carbocycles. The van der Waals surface area contributed by atoms with Crippen LogP contribution in [-0.2, 0) is 17.6 Å². The number of benzene rings is 1. The van der Waals surface area contributed by atoms with Crippen LogP contribution in [0, 0.1) is 0 Å². The van der Waals surface area contributed by atoms with Crippen molar-refractivity contribution in [2.24, 2.45) is 0 Å². The number of hydrogen-bond donors (Lipinski definition) is 4. The van der Waals surface area contributed by atoms with Crippen molar-refractivity contribution in [2.45, 2.75) is 18.8 Å². The molecule has 23 heavy (non-hydrogen) atoms. The summed E-state index contributed by atoms with van der Waals surface area (Å²) in [5, 5.41) is 22.6. The minimum atomic E-state index is -1.67. The summed E-state index contributed by atoms with van der Waals surface area (Å²) >= 11 is 0. The third kappa shape index (κ3) is 3.61. The van der Waals surface area contributed by atoms with Gasteiger partial charge in [0.1, 0.15) is 5.58 Å². The standard InChI is InChI=1S/C15H16BN3O4/c20-15(6-11-7-17-9-18-11)19-14(16(21)22)5-10-8-23-13-4-2-1-3-12(10)13/h1-4,7-9,14,21-22H,5-6H2,(H,17,18)(H,19,20)/t14-/m0/s1. The molecule has 3 aromatic rings. The second kappa shape index (κ2) is 6.68. The van der Waals surface area contributed by atoms with Gasteiger partial charge in [-0.1, -0.05) is 18.2 Å². The Morgan fingerprint density at radius 3 is 2.96 bits per heavy atom. The van der Waals surface area contributed by atoms with E-state index in [1.54, 1.807) is 12.5 Å². The van der Waals surface area contributed by atoms with E-state index in [4.69, 9.17) is 4.42 Å². The smallest absolute Gasteiger partial charge is 0.464 e. The maximum atomic E-state index is 12.0. The van der Waals surface area contributed by atoms with Crippen molar-refractivity contribution in [2.75, 3.05) is 0 Å². The lowest BCUT2D eigenvalue weighted by molar-refractivity contribution is -0.120. The van der Waals surface area contributed by atoms with Crippen LogP contribution >= 0.6 is 0 Å². The Balaban J connectivity index is 1.70. The molecule has 7 nitrogen and oxygen atoms in total. The van der Waals surface area contributed by atoms with Gasteiger partial charge in [-0.25, -0.2) is 4.98 Å². The molecule has 4 N–H and O–H groups in total. The average molecular weight is 313 g/mol. The van der Waals surface area contributed by atoms with Gasteiger partial charge in [-0.2, -0.15) is 0 Å². The minimum absolute atomic E-state index is 0.0926. The number of carbonyl (C=O) groups excluding carboxylic acids is 1. The first-order valence-electron chi connectivity index (χ1n) is 7.21. The molecule has 118 valence electrons. The van der Waals surface area contributed by atoms with Crippen LogP contribution < -0.4 is 5.32 Å². The molecular weight excluding hydrogens is 297 g/mol. The van der Waals surface area contributed by atoms with Crippen LogP contribution in [0.25, 0.3) is 11.0 Å². The van der Waals surface area contributed by atoms with Gasteiger partial charge < -0.3 is 24.8 Å². The normalized spacial score (nSPS) is 12.3. The summed E-state index contributed by atoms with van der Waals surface area (Å²) in [7, 11) is -1.67. The fourth-order valence-electron chi connectivity index (χ4n) is 2.47. The highest BCUT2D eigenvalue weighted by Gasteiger charge is 2.27. The Kier molecular flexibility index (Phi) is 4.45. The van der Waals surface area contributed by atoms with Crippen LogP contribution in [0.1, 0.15) is 11.3 Å². The number of aromatic amines is 1. The Hall–Kier alpha value is -2.58. The highest BCUT2D eigenvalue weighted by molar-refractivity contribution is 6.43. The molecule has 0 unspecified atom stereocenters. The Labute approximate surface area is 132 Å². The van der Waals surface area contributed by atoms with E-state index in [0.29, 0.717) is 5.69 Å². The lowest BCUT2D eigenvalue weighted by Crippen LogP contribution is -2.48. The topological polar surface area (TPSA) is 111 Å². The molecule has 0 spiro atoms. The van der Waals surface area contributed by atoms with Crippen molar-refractivity contribution in [3.63, 3.8) is 0 Å². The number of aromatic nitrogens is 2. The van der Waals surface area contributed by atoms with Gasteiger partial charge in [-0.15, -0.1) is 0 Å². The van der Waals surface area contributed by atoms with Crippen molar-refractivity contribution in [1.82, 2.24) is 15.3 Å². The number of rotatable bonds is 6. The van der Waals surface area contributed by atoms with Crippen LogP contribution in [0.4, 0.5) is 0 Å². The van der Waals surface area contributed by atoms with E-state index in [2.05, 4.69) is 15.3 Å². The number of amides is 1. The van der Waals surface area contributed by atoms with Crippen molar-refractivity contribution in [1.29, 1.82) is 0 Å². The fourth-order valence-corrected chi connectivity index (χ4v) is 2.47. The summed E-state index contributed by atoms with van der Waals surface area (Å²) in [6, 6.07) is 7.46. The van der Waals surface area contributed by atoms with Crippen LogP contribution in [0.15, 0.2) is 47.5 Å². The number of carbonyl (C=O) groups is 1. The summed E-state index contributed by atoms with van der Waals surface area (Å²) in [5.41, 5.74) is 2.18. The van der Waals surface area contributed by atoms with Crippen LogP contribution in [0.2, 0.25) is 0 Å². The number of para-hydroxylation sites is 1. The Bertz CT molecular complexity index is 785. The number of imidazole rings is 1. The summed E-state index contributed by atoms with van der Waals surface area (Å²) < 4.78 is 5.43. The number of H-pyrrole nitrogens is 1. The van der Waals surface area contributed by atoms with Crippen LogP contribution in [0.5, 0.6) is 0 Å². The van der Waals surface area contributed by atoms with Crippen molar-refractivity contribution >= 4 is 24.0 Å². The molecule has 0 bridgehead atoms. The summed E-state index contributed by atoms with van der Waals surface area (Å²) in [4.78, 5) is 18.7. The van der Waals surface area contributed by atoms with Gasteiger partial charge in [0.05, 0.1) is 25.0 Å². The lowest BCUT2D eigenvalue weighted by atomic mass is 9.76. The molecule has 0 fully saturated rings. The van der Waals surface area contributed by atoms with E-state index in [-0.39, 0.29) is 18.7 Å². The van der Waals surface area contributed by atoms with Gasteiger partial charge in [0.2, 0.25) is 5.91 Å². The number of nitrogens with one attached hydrogen (secondary N) is 2. The molecule has 8 heteroatoms. The second-order valence-corrected chi connectivity index (χ2v) is 5.30. The molecular formula is C15H16BN3O4. The maximum absolute atomic E-state index is 12.0. The predicted molar refractivity (Wildman–Crippen MR) is 84.3 cm³/mol. The van der Waals surface area contributed by atoms with Gasteiger partial charge >= 0.3 is 7.12 Å². The minimum Gasteiger partial charge on any atom is -0.464 e. The summed E-state index contributed by atoms with van der Waals surface area (Å²) in [6.07, 6.45) is 4.95. The largest absolute Gasteiger partial charge is 0.475 e. The van der Waals surface area contributed by atoms with Gasteiger partial charge in [0.15, 0.2) is 0 Å². The molecule has 2 heterocycles. The van der Waals surface area contributed by atoms with Gasteiger partial charge in [0, 0.05) is 17.3 Å². The molecule has 0 radical (unpaired) electrons. The summed E-state index contributed by atoms with van der Waals surface area (Å²) in [5.74, 6) is -1.15. The zero-order valence-corrected chi connectivity index (χ0v) is 12.3. The van der Waals surface area contributed by atoms with Crippen molar-refractivity contribution < 1.29 is 19.3 Å². The SMILES string of the molecule is O=C(Cc1cnc[nH]1)N[C@@H](Cc1coc2ccccc12)B(O)O. The third-order valence-electron chi connectivity index (χ3n) is 3.61. The predicted octanol–water partition coefficient (Wildman–Crippen LogP) is 0.438. The van der Waals surface area contributed by atoms with E-state index in [1.807, 2.05) is 24.3 Å². The highest BCUT2D eigenvalue weighted by atomic mass is 16.4. The van der Waals surface area contributed by atoms with Gasteiger partial charge in [0.25, 0.3) is 0 Å². The molecule has 2 aromatic heterocycles.